The molecule has 34 heavy (non-hydrogen) atoms. The molecule has 0 aromatic heterocycles. The zero-order valence-electron chi connectivity index (χ0n) is 18.4. The van der Waals surface area contributed by atoms with Crippen molar-refractivity contribution in [3.05, 3.63) is 101 Å². The van der Waals surface area contributed by atoms with Crippen LogP contribution in [0.3, 0.4) is 0 Å². The molecule has 0 aliphatic carbocycles. The van der Waals surface area contributed by atoms with Crippen molar-refractivity contribution < 1.29 is 18.0 Å². The summed E-state index contributed by atoms with van der Waals surface area (Å²) in [5, 5.41) is 0. The van der Waals surface area contributed by atoms with E-state index in [2.05, 4.69) is 0 Å². The van der Waals surface area contributed by atoms with Gasteiger partial charge in [-0.1, -0.05) is 48.5 Å². The first kappa shape index (κ1) is 22.8. The van der Waals surface area contributed by atoms with E-state index in [1.54, 1.807) is 48.5 Å². The Labute approximate surface area is 203 Å². The molecule has 0 N–H and O–H groups in total. The Balaban J connectivity index is 1.52. The summed E-state index contributed by atoms with van der Waals surface area (Å²) < 4.78 is 28.9. The molecule has 6 nitrogen and oxygen atoms in total. The van der Waals surface area contributed by atoms with Gasteiger partial charge in [0, 0.05) is 12.4 Å². The predicted octanol–water partition coefficient (Wildman–Crippen LogP) is 4.05. The van der Waals surface area contributed by atoms with Crippen molar-refractivity contribution in [3.63, 3.8) is 0 Å². The van der Waals surface area contributed by atoms with Gasteiger partial charge in [0.2, 0.25) is 10.0 Å². The summed E-state index contributed by atoms with van der Waals surface area (Å²) in [6.45, 7) is 0.212. The fraction of sp³-hybridized carbons (Fsp3) is 0.231. The number of fused-ring (bicyclic) bond motifs is 2. The highest BCUT2D eigenvalue weighted by atomic mass is 35.5. The molecule has 2 aliphatic rings. The number of halogens is 1. The number of benzene rings is 3. The molecule has 174 valence electrons. The number of hydrogen-bond acceptors (Lipinski definition) is 4. The van der Waals surface area contributed by atoms with Crippen LogP contribution >= 0.6 is 11.6 Å². The fourth-order valence-electron chi connectivity index (χ4n) is 4.76. The zero-order valence-corrected chi connectivity index (χ0v) is 19.9. The van der Waals surface area contributed by atoms with Gasteiger partial charge in [0.25, 0.3) is 11.8 Å². The molecule has 1 unspecified atom stereocenters. The van der Waals surface area contributed by atoms with Crippen molar-refractivity contribution in [1.82, 2.24) is 9.21 Å². The van der Waals surface area contributed by atoms with Crippen molar-refractivity contribution in [2.45, 2.75) is 23.8 Å². The highest BCUT2D eigenvalue weighted by molar-refractivity contribution is 7.89. The van der Waals surface area contributed by atoms with Crippen LogP contribution in [0.15, 0.2) is 77.7 Å². The highest BCUT2D eigenvalue weighted by Crippen LogP contribution is 2.36. The van der Waals surface area contributed by atoms with Crippen LogP contribution in [0, 0.1) is 0 Å². The van der Waals surface area contributed by atoms with E-state index in [9.17, 15) is 18.0 Å². The summed E-state index contributed by atoms with van der Waals surface area (Å²) in [4.78, 5) is 27.4. The maximum absolute atomic E-state index is 13.7. The topological polar surface area (TPSA) is 74.8 Å². The monoisotopic (exact) mass is 494 g/mol. The molecule has 3 aromatic rings. The average molecular weight is 495 g/mol. The number of nitrogens with zero attached hydrogens (tertiary/aromatic N) is 2. The Morgan fingerprint density at radius 3 is 2.12 bits per heavy atom. The smallest absolute Gasteiger partial charge is 0.261 e. The molecule has 1 atom stereocenters. The van der Waals surface area contributed by atoms with Gasteiger partial charge in [-0.3, -0.25) is 14.5 Å². The summed E-state index contributed by atoms with van der Waals surface area (Å²) in [7, 11) is -3.88. The van der Waals surface area contributed by atoms with E-state index in [4.69, 9.17) is 11.6 Å². The normalized spacial score (nSPS) is 18.1. The molecule has 0 fully saturated rings. The largest absolute Gasteiger partial charge is 0.272 e. The van der Waals surface area contributed by atoms with Gasteiger partial charge >= 0.3 is 0 Å². The fourth-order valence-corrected chi connectivity index (χ4v) is 6.57. The quantitative estimate of drug-likeness (QED) is 0.382. The molecule has 3 aromatic carbocycles. The summed E-state index contributed by atoms with van der Waals surface area (Å²) in [5.74, 6) is -0.338. The first-order valence-electron chi connectivity index (χ1n) is 11.1. The third-order valence-electron chi connectivity index (χ3n) is 6.51. The second kappa shape index (κ2) is 8.98. The van der Waals surface area contributed by atoms with E-state index >= 15 is 0 Å². The van der Waals surface area contributed by atoms with Crippen molar-refractivity contribution in [3.8, 4) is 0 Å². The minimum Gasteiger partial charge on any atom is -0.272 e. The Hall–Kier alpha value is -3.00. The molecule has 0 bridgehead atoms. The molecule has 2 amide bonds. The number of hydrogen-bond donors (Lipinski definition) is 0. The van der Waals surface area contributed by atoms with E-state index in [0.29, 0.717) is 29.8 Å². The van der Waals surface area contributed by atoms with Crippen molar-refractivity contribution in [1.29, 1.82) is 0 Å². The van der Waals surface area contributed by atoms with Gasteiger partial charge in [0.05, 0.1) is 28.6 Å². The molecular weight excluding hydrogens is 472 g/mol. The molecule has 0 saturated carbocycles. The Kier molecular flexibility index (Phi) is 6.02. The van der Waals surface area contributed by atoms with Crippen molar-refractivity contribution in [2.24, 2.45) is 0 Å². The standard InChI is InChI=1S/C26H23ClN2O4S/c27-15-13-18-9-11-20(12-10-18)34(32,33)29-16-14-19-5-1-2-6-21(19)24(29)17-28-25(30)22-7-3-4-8-23(22)26(28)31/h1-12,24H,13-17H2. The summed E-state index contributed by atoms with van der Waals surface area (Å²) in [6, 6.07) is 20.3. The van der Waals surface area contributed by atoms with Crippen LogP contribution in [0.2, 0.25) is 0 Å². The van der Waals surface area contributed by atoms with Gasteiger partial charge in [-0.05, 0) is 53.8 Å². The number of aryl methyl sites for hydroxylation is 1. The molecule has 2 heterocycles. The average Bonchev–Trinajstić information content (AvgIpc) is 3.09. The Morgan fingerprint density at radius 2 is 1.47 bits per heavy atom. The van der Waals surface area contributed by atoms with E-state index in [-0.39, 0.29) is 18.0 Å². The predicted molar refractivity (Wildman–Crippen MR) is 129 cm³/mol. The highest BCUT2D eigenvalue weighted by Gasteiger charge is 2.42. The van der Waals surface area contributed by atoms with Crippen LogP contribution in [0.5, 0.6) is 0 Å². The van der Waals surface area contributed by atoms with Gasteiger partial charge in [0.1, 0.15) is 0 Å². The van der Waals surface area contributed by atoms with Gasteiger partial charge < -0.3 is 0 Å². The lowest BCUT2D eigenvalue weighted by molar-refractivity contribution is 0.0616. The van der Waals surface area contributed by atoms with E-state index in [1.165, 1.54) is 9.21 Å². The summed E-state index contributed by atoms with van der Waals surface area (Å²) in [6.07, 6.45) is 1.21. The Morgan fingerprint density at radius 1 is 0.853 bits per heavy atom. The maximum atomic E-state index is 13.7. The molecule has 8 heteroatoms. The van der Waals surface area contributed by atoms with Gasteiger partial charge in [-0.25, -0.2) is 8.42 Å². The Bertz CT molecular complexity index is 1340. The third kappa shape index (κ3) is 3.83. The number of rotatable bonds is 6. The summed E-state index contributed by atoms with van der Waals surface area (Å²) in [5.41, 5.74) is 3.49. The van der Waals surface area contributed by atoms with E-state index < -0.39 is 27.9 Å². The van der Waals surface area contributed by atoms with Crippen LogP contribution < -0.4 is 0 Å². The number of carbonyl (C=O) groups excluding carboxylic acids is 2. The van der Waals surface area contributed by atoms with Crippen LogP contribution in [-0.2, 0) is 22.9 Å². The van der Waals surface area contributed by atoms with Gasteiger partial charge in [-0.2, -0.15) is 4.31 Å². The van der Waals surface area contributed by atoms with Crippen LogP contribution in [0.1, 0.15) is 43.4 Å². The summed E-state index contributed by atoms with van der Waals surface area (Å²) >= 11 is 5.81. The van der Waals surface area contributed by atoms with E-state index in [1.807, 2.05) is 24.3 Å². The lowest BCUT2D eigenvalue weighted by Gasteiger charge is -2.37. The number of carbonyl (C=O) groups is 2. The third-order valence-corrected chi connectivity index (χ3v) is 8.62. The van der Waals surface area contributed by atoms with Crippen molar-refractivity contribution >= 4 is 33.4 Å². The molecular formula is C26H23ClN2O4S. The SMILES string of the molecule is O=C1c2ccccc2C(=O)N1CC1c2ccccc2CCN1S(=O)(=O)c1ccc(CCCl)cc1. The van der Waals surface area contributed by atoms with E-state index in [0.717, 1.165) is 16.7 Å². The lowest BCUT2D eigenvalue weighted by Crippen LogP contribution is -2.46. The van der Waals surface area contributed by atoms with Gasteiger partial charge in [-0.15, -0.1) is 11.6 Å². The minimum atomic E-state index is -3.88. The molecule has 0 radical (unpaired) electrons. The van der Waals surface area contributed by atoms with Crippen LogP contribution in [0.25, 0.3) is 0 Å². The lowest BCUT2D eigenvalue weighted by atomic mass is 9.94. The number of amides is 2. The molecule has 0 spiro atoms. The number of imide groups is 1. The first-order chi connectivity index (χ1) is 16.4. The second-order valence-corrected chi connectivity index (χ2v) is 10.7. The van der Waals surface area contributed by atoms with Gasteiger partial charge in [0.15, 0.2) is 0 Å². The van der Waals surface area contributed by atoms with Crippen molar-refractivity contribution in [2.75, 3.05) is 19.0 Å². The molecule has 0 saturated heterocycles. The van der Waals surface area contributed by atoms with Crippen LogP contribution in [0.4, 0.5) is 0 Å². The van der Waals surface area contributed by atoms with Crippen LogP contribution in [-0.4, -0.2) is 48.4 Å². The zero-order chi connectivity index (χ0) is 23.9. The molecule has 5 rings (SSSR count). The minimum absolute atomic E-state index is 0.0487. The second-order valence-electron chi connectivity index (χ2n) is 8.43. The first-order valence-corrected chi connectivity index (χ1v) is 13.1. The number of sulfonamides is 1. The number of alkyl halides is 1. The molecule has 2 aliphatic heterocycles. The maximum Gasteiger partial charge on any atom is 0.261 e.